The summed E-state index contributed by atoms with van der Waals surface area (Å²) in [6.07, 6.45) is 1.32. The van der Waals surface area contributed by atoms with E-state index in [-0.39, 0.29) is 5.69 Å². The van der Waals surface area contributed by atoms with Crippen LogP contribution in [0.15, 0.2) is 24.5 Å². The van der Waals surface area contributed by atoms with Crippen molar-refractivity contribution in [2.24, 2.45) is 0 Å². The Morgan fingerprint density at radius 1 is 1.29 bits per heavy atom. The highest BCUT2D eigenvalue weighted by Gasteiger charge is 2.08. The summed E-state index contributed by atoms with van der Waals surface area (Å²) < 4.78 is 27.2. The zero-order valence-corrected chi connectivity index (χ0v) is 7.41. The molecule has 0 spiro atoms. The quantitative estimate of drug-likeness (QED) is 0.695. The summed E-state index contributed by atoms with van der Waals surface area (Å²) in [5, 5.41) is 3.82. The van der Waals surface area contributed by atoms with Gasteiger partial charge in [-0.3, -0.25) is 0 Å². The number of hydrogen-bond acceptors (Lipinski definition) is 2. The Bertz CT molecular complexity index is 465. The van der Waals surface area contributed by atoms with Crippen molar-refractivity contribution in [1.29, 1.82) is 0 Å². The number of aryl methyl sites for hydroxylation is 1. The molecular formula is C9H7F2N3. The second-order valence-electron chi connectivity index (χ2n) is 2.81. The van der Waals surface area contributed by atoms with Gasteiger partial charge in [0.1, 0.15) is 23.7 Å². The van der Waals surface area contributed by atoms with Gasteiger partial charge in [-0.25, -0.2) is 18.4 Å². The number of benzene rings is 1. The van der Waals surface area contributed by atoms with E-state index in [0.29, 0.717) is 5.82 Å². The Hall–Kier alpha value is -1.78. The first-order valence-electron chi connectivity index (χ1n) is 4.00. The summed E-state index contributed by atoms with van der Waals surface area (Å²) in [5.74, 6) is -0.710. The molecule has 72 valence electrons. The van der Waals surface area contributed by atoms with Crippen LogP contribution in [0.1, 0.15) is 5.82 Å². The fourth-order valence-corrected chi connectivity index (χ4v) is 1.19. The third-order valence-electron chi connectivity index (χ3n) is 1.86. The zero-order valence-electron chi connectivity index (χ0n) is 7.41. The second-order valence-corrected chi connectivity index (χ2v) is 2.81. The van der Waals surface area contributed by atoms with Gasteiger partial charge >= 0.3 is 0 Å². The van der Waals surface area contributed by atoms with E-state index in [0.717, 1.165) is 6.07 Å². The highest BCUT2D eigenvalue weighted by Crippen LogP contribution is 2.14. The van der Waals surface area contributed by atoms with Gasteiger partial charge in [-0.1, -0.05) is 0 Å². The van der Waals surface area contributed by atoms with Gasteiger partial charge in [0.25, 0.3) is 0 Å². The molecule has 0 saturated carbocycles. The molecule has 0 amide bonds. The minimum Gasteiger partial charge on any atom is -0.220 e. The molecule has 0 radical (unpaired) electrons. The molecule has 0 aliphatic carbocycles. The maximum absolute atomic E-state index is 13.3. The molecular weight excluding hydrogens is 188 g/mol. The molecule has 14 heavy (non-hydrogen) atoms. The van der Waals surface area contributed by atoms with Crippen molar-refractivity contribution < 1.29 is 8.78 Å². The van der Waals surface area contributed by atoms with E-state index in [1.165, 1.54) is 23.1 Å². The number of halogens is 2. The molecule has 0 atom stereocenters. The van der Waals surface area contributed by atoms with Crippen molar-refractivity contribution in [2.75, 3.05) is 0 Å². The second kappa shape index (κ2) is 3.17. The highest BCUT2D eigenvalue weighted by atomic mass is 19.1. The number of rotatable bonds is 1. The summed E-state index contributed by atoms with van der Waals surface area (Å²) in [6.45, 7) is 1.69. The minimum absolute atomic E-state index is 0.196. The minimum atomic E-state index is -0.654. The third kappa shape index (κ3) is 1.37. The fourth-order valence-electron chi connectivity index (χ4n) is 1.19. The molecule has 0 aliphatic heterocycles. The van der Waals surface area contributed by atoms with E-state index in [9.17, 15) is 8.78 Å². The number of aromatic nitrogens is 3. The third-order valence-corrected chi connectivity index (χ3v) is 1.86. The lowest BCUT2D eigenvalue weighted by molar-refractivity contribution is 0.572. The first-order chi connectivity index (χ1) is 6.68. The maximum atomic E-state index is 13.3. The normalized spacial score (nSPS) is 10.5. The van der Waals surface area contributed by atoms with Crippen LogP contribution in [-0.2, 0) is 0 Å². The van der Waals surface area contributed by atoms with Crippen molar-refractivity contribution in [1.82, 2.24) is 14.8 Å². The molecule has 2 rings (SSSR count). The largest absolute Gasteiger partial charge is 0.220 e. The predicted molar refractivity (Wildman–Crippen MR) is 46.0 cm³/mol. The average Bonchev–Trinajstić information content (AvgIpc) is 2.52. The van der Waals surface area contributed by atoms with Crippen LogP contribution in [0.4, 0.5) is 8.78 Å². The molecule has 1 aromatic heterocycles. The molecule has 0 bridgehead atoms. The zero-order chi connectivity index (χ0) is 10.1. The summed E-state index contributed by atoms with van der Waals surface area (Å²) >= 11 is 0. The van der Waals surface area contributed by atoms with Crippen molar-refractivity contribution in [3.63, 3.8) is 0 Å². The van der Waals surface area contributed by atoms with Crippen molar-refractivity contribution in [2.45, 2.75) is 6.92 Å². The predicted octanol–water partition coefficient (Wildman–Crippen LogP) is 1.85. The van der Waals surface area contributed by atoms with Crippen molar-refractivity contribution in [3.05, 3.63) is 42.0 Å². The molecule has 3 nitrogen and oxygen atoms in total. The van der Waals surface area contributed by atoms with Crippen LogP contribution in [-0.4, -0.2) is 14.8 Å². The Morgan fingerprint density at radius 3 is 2.64 bits per heavy atom. The van der Waals surface area contributed by atoms with Crippen LogP contribution in [0.5, 0.6) is 0 Å². The fraction of sp³-hybridized carbons (Fsp3) is 0.111. The molecule has 0 aliphatic rings. The Kier molecular flexibility index (Phi) is 1.99. The van der Waals surface area contributed by atoms with Crippen molar-refractivity contribution in [3.8, 4) is 5.69 Å². The van der Waals surface area contributed by atoms with Crippen LogP contribution >= 0.6 is 0 Å². The van der Waals surface area contributed by atoms with E-state index in [4.69, 9.17) is 0 Å². The first-order valence-corrected chi connectivity index (χ1v) is 4.00. The van der Waals surface area contributed by atoms with Gasteiger partial charge < -0.3 is 0 Å². The van der Waals surface area contributed by atoms with Gasteiger partial charge in [0, 0.05) is 6.07 Å². The molecule has 0 unspecified atom stereocenters. The lowest BCUT2D eigenvalue weighted by Gasteiger charge is -2.03. The smallest absolute Gasteiger partial charge is 0.151 e. The SMILES string of the molecule is Cc1ncnn1-c1ccc(F)cc1F. The molecule has 1 aromatic carbocycles. The highest BCUT2D eigenvalue weighted by molar-refractivity contribution is 5.33. The van der Waals surface area contributed by atoms with E-state index >= 15 is 0 Å². The van der Waals surface area contributed by atoms with Gasteiger partial charge in [0.15, 0.2) is 5.82 Å². The van der Waals surface area contributed by atoms with E-state index < -0.39 is 11.6 Å². The maximum Gasteiger partial charge on any atom is 0.151 e. The monoisotopic (exact) mass is 195 g/mol. The summed E-state index contributed by atoms with van der Waals surface area (Å²) in [7, 11) is 0. The van der Waals surface area contributed by atoms with E-state index in [2.05, 4.69) is 10.1 Å². The average molecular weight is 195 g/mol. The van der Waals surface area contributed by atoms with Gasteiger partial charge in [0.2, 0.25) is 0 Å². The summed E-state index contributed by atoms with van der Waals surface area (Å²) in [5.41, 5.74) is 0.196. The Balaban J connectivity index is 2.58. The molecule has 0 saturated heterocycles. The molecule has 5 heteroatoms. The van der Waals surface area contributed by atoms with Gasteiger partial charge in [-0.05, 0) is 19.1 Å². The van der Waals surface area contributed by atoms with Gasteiger partial charge in [0.05, 0.1) is 0 Å². The number of hydrogen-bond donors (Lipinski definition) is 0. The Morgan fingerprint density at radius 2 is 2.07 bits per heavy atom. The van der Waals surface area contributed by atoms with Gasteiger partial charge in [-0.15, -0.1) is 0 Å². The number of nitrogens with zero attached hydrogens (tertiary/aromatic N) is 3. The van der Waals surface area contributed by atoms with Crippen molar-refractivity contribution >= 4 is 0 Å². The summed E-state index contributed by atoms with van der Waals surface area (Å²) in [4.78, 5) is 3.85. The van der Waals surface area contributed by atoms with Crippen LogP contribution in [0, 0.1) is 18.6 Å². The van der Waals surface area contributed by atoms with Crippen LogP contribution in [0.25, 0.3) is 5.69 Å². The topological polar surface area (TPSA) is 30.7 Å². The van der Waals surface area contributed by atoms with Gasteiger partial charge in [-0.2, -0.15) is 5.10 Å². The molecule has 2 aromatic rings. The molecule has 1 heterocycles. The lowest BCUT2D eigenvalue weighted by atomic mass is 10.3. The summed E-state index contributed by atoms with van der Waals surface area (Å²) in [6, 6.07) is 3.32. The first kappa shape index (κ1) is 8.80. The van der Waals surface area contributed by atoms with E-state index in [1.54, 1.807) is 6.92 Å². The van der Waals surface area contributed by atoms with E-state index in [1.807, 2.05) is 0 Å². The molecule has 0 fully saturated rings. The lowest BCUT2D eigenvalue weighted by Crippen LogP contribution is -2.02. The standard InChI is InChI=1S/C9H7F2N3/c1-6-12-5-13-14(6)9-3-2-7(10)4-8(9)11/h2-5H,1H3. The van der Waals surface area contributed by atoms with Crippen LogP contribution < -0.4 is 0 Å². The van der Waals surface area contributed by atoms with Crippen LogP contribution in [0.3, 0.4) is 0 Å². The molecule has 0 N–H and O–H groups in total. The Labute approximate surface area is 79.0 Å². The van der Waals surface area contributed by atoms with Crippen LogP contribution in [0.2, 0.25) is 0 Å².